The van der Waals surface area contributed by atoms with Gasteiger partial charge in [-0.15, -0.1) is 0 Å². The van der Waals surface area contributed by atoms with E-state index in [1.54, 1.807) is 48.5 Å². The minimum absolute atomic E-state index is 0.199. The number of amides is 1. The van der Waals surface area contributed by atoms with Crippen LogP contribution in [-0.4, -0.2) is 21.9 Å². The Balaban J connectivity index is 1.68. The van der Waals surface area contributed by atoms with Crippen molar-refractivity contribution in [3.05, 3.63) is 82.2 Å². The summed E-state index contributed by atoms with van der Waals surface area (Å²) in [5, 5.41) is 6.87. The molecule has 3 rings (SSSR count). The largest absolute Gasteiger partial charge is 0.385 e. The number of carbonyl (C=O) groups is 1. The summed E-state index contributed by atoms with van der Waals surface area (Å²) in [7, 11) is 0. The number of nitrogens with one attached hydrogen (secondary N) is 2. The van der Waals surface area contributed by atoms with Crippen molar-refractivity contribution < 1.29 is 4.79 Å². The lowest BCUT2D eigenvalue weighted by Crippen LogP contribution is -2.18. The number of carbonyl (C=O) groups excluding carboxylic acids is 1. The van der Waals surface area contributed by atoms with E-state index in [1.165, 1.54) is 11.8 Å². The van der Waals surface area contributed by atoms with Gasteiger partial charge in [0.15, 0.2) is 5.16 Å². The Bertz CT molecular complexity index is 1110. The zero-order valence-corrected chi connectivity index (χ0v) is 18.8. The van der Waals surface area contributed by atoms with Crippen LogP contribution in [0.25, 0.3) is 0 Å². The van der Waals surface area contributed by atoms with Crippen molar-refractivity contribution in [2.45, 2.75) is 23.0 Å². The predicted octanol–water partition coefficient (Wildman–Crippen LogP) is 4.75. The summed E-state index contributed by atoms with van der Waals surface area (Å²) >= 11 is 13.5. The minimum Gasteiger partial charge on any atom is -0.385 e. The van der Waals surface area contributed by atoms with Gasteiger partial charge in [0.2, 0.25) is 0 Å². The molecular formula is C21H20Cl2N6OS. The average molecular weight is 475 g/mol. The molecule has 1 amide bonds. The highest BCUT2D eigenvalue weighted by Gasteiger charge is 2.10. The third-order valence-electron chi connectivity index (χ3n) is 3.83. The molecule has 0 fully saturated rings. The number of benzene rings is 2. The second-order valence-corrected chi connectivity index (χ2v) is 8.36. The Hall–Kier alpha value is -2.78. The molecule has 7 nitrogen and oxygen atoms in total. The number of halogens is 2. The van der Waals surface area contributed by atoms with Gasteiger partial charge in [-0.3, -0.25) is 4.79 Å². The van der Waals surface area contributed by atoms with Crippen molar-refractivity contribution in [3.8, 4) is 0 Å². The van der Waals surface area contributed by atoms with E-state index in [2.05, 4.69) is 20.6 Å². The maximum Gasteiger partial charge on any atom is 0.257 e. The fourth-order valence-electron chi connectivity index (χ4n) is 2.53. The van der Waals surface area contributed by atoms with E-state index >= 15 is 0 Å². The highest BCUT2D eigenvalue weighted by Crippen LogP contribution is 2.28. The Morgan fingerprint density at radius 1 is 1.10 bits per heavy atom. The molecule has 2 aromatic carbocycles. The van der Waals surface area contributed by atoms with E-state index in [1.807, 2.05) is 19.1 Å². The van der Waals surface area contributed by atoms with Gasteiger partial charge in [0.1, 0.15) is 11.0 Å². The molecule has 1 atom stereocenters. The molecule has 0 radical (unpaired) electrons. The summed E-state index contributed by atoms with van der Waals surface area (Å²) in [6, 6.07) is 15.5. The highest BCUT2D eigenvalue weighted by molar-refractivity contribution is 7.99. The maximum atomic E-state index is 12.4. The topological polar surface area (TPSA) is 119 Å². The van der Waals surface area contributed by atoms with E-state index in [0.29, 0.717) is 33.1 Å². The van der Waals surface area contributed by atoms with Crippen molar-refractivity contribution in [2.24, 2.45) is 11.5 Å². The monoisotopic (exact) mass is 474 g/mol. The molecule has 10 heteroatoms. The highest BCUT2D eigenvalue weighted by atomic mass is 35.5. The van der Waals surface area contributed by atoms with Gasteiger partial charge < -0.3 is 22.1 Å². The zero-order valence-electron chi connectivity index (χ0n) is 16.5. The smallest absolute Gasteiger partial charge is 0.257 e. The number of nitrogens with zero attached hydrogens (tertiary/aromatic N) is 2. The number of rotatable bonds is 7. The van der Waals surface area contributed by atoms with Crippen molar-refractivity contribution in [1.82, 2.24) is 9.97 Å². The van der Waals surface area contributed by atoms with Crippen molar-refractivity contribution >= 4 is 52.4 Å². The second-order valence-electron chi connectivity index (χ2n) is 6.53. The van der Waals surface area contributed by atoms with Crippen LogP contribution in [0.4, 0.5) is 11.5 Å². The molecule has 1 aromatic heterocycles. The van der Waals surface area contributed by atoms with Gasteiger partial charge in [-0.25, -0.2) is 9.97 Å². The van der Waals surface area contributed by atoms with Gasteiger partial charge in [-0.05, 0) is 61.2 Å². The van der Waals surface area contributed by atoms with Gasteiger partial charge in [-0.2, -0.15) is 0 Å². The Labute approximate surface area is 194 Å². The van der Waals surface area contributed by atoms with Crippen LogP contribution in [0.5, 0.6) is 0 Å². The van der Waals surface area contributed by atoms with Gasteiger partial charge in [-0.1, -0.05) is 35.3 Å². The lowest BCUT2D eigenvalue weighted by atomic mass is 10.2. The summed E-state index contributed by atoms with van der Waals surface area (Å²) < 4.78 is 0. The van der Waals surface area contributed by atoms with Crippen LogP contribution in [0.15, 0.2) is 76.5 Å². The van der Waals surface area contributed by atoms with E-state index in [9.17, 15) is 4.79 Å². The molecule has 31 heavy (non-hydrogen) atoms. The van der Waals surface area contributed by atoms with Crippen molar-refractivity contribution in [2.75, 3.05) is 10.6 Å². The Morgan fingerprint density at radius 3 is 2.48 bits per heavy atom. The van der Waals surface area contributed by atoms with Crippen LogP contribution in [0.2, 0.25) is 10.2 Å². The molecule has 0 aliphatic heterocycles. The normalized spacial score (nSPS) is 12.3. The van der Waals surface area contributed by atoms with E-state index in [4.69, 9.17) is 34.7 Å². The fraction of sp³-hybridized carbons (Fsp3) is 0.0952. The summed E-state index contributed by atoms with van der Waals surface area (Å²) in [6.45, 7) is 1.81. The predicted molar refractivity (Wildman–Crippen MR) is 127 cm³/mol. The van der Waals surface area contributed by atoms with Gasteiger partial charge in [0.25, 0.3) is 5.91 Å². The van der Waals surface area contributed by atoms with Gasteiger partial charge in [0.05, 0.1) is 16.4 Å². The van der Waals surface area contributed by atoms with E-state index in [-0.39, 0.29) is 17.1 Å². The van der Waals surface area contributed by atoms with Crippen molar-refractivity contribution in [1.29, 1.82) is 0 Å². The molecule has 0 aliphatic rings. The summed E-state index contributed by atoms with van der Waals surface area (Å²) in [6.07, 6.45) is 1.67. The first-order chi connectivity index (χ1) is 14.8. The third-order valence-corrected chi connectivity index (χ3v) is 5.23. The lowest BCUT2D eigenvalue weighted by molar-refractivity contribution is 0.102. The van der Waals surface area contributed by atoms with Crippen LogP contribution in [0.3, 0.4) is 0 Å². The van der Waals surface area contributed by atoms with Crippen LogP contribution in [-0.2, 0) is 0 Å². The average Bonchev–Trinajstić information content (AvgIpc) is 2.68. The van der Waals surface area contributed by atoms with Crippen LogP contribution in [0, 0.1) is 0 Å². The molecule has 0 saturated heterocycles. The van der Waals surface area contributed by atoms with E-state index < -0.39 is 0 Å². The molecule has 3 aromatic rings. The summed E-state index contributed by atoms with van der Waals surface area (Å²) in [5.74, 6) is 0.553. The molecule has 1 unspecified atom stereocenters. The molecule has 6 N–H and O–H groups in total. The molecular weight excluding hydrogens is 455 g/mol. The number of nitrogens with two attached hydrogens (primary N) is 2. The van der Waals surface area contributed by atoms with Crippen molar-refractivity contribution in [3.63, 3.8) is 0 Å². The Kier molecular flexibility index (Phi) is 7.75. The maximum absolute atomic E-state index is 12.4. The first-order valence-corrected chi connectivity index (χ1v) is 10.8. The standard InChI is InChI=1S/C21H20Cl2N6OS/c1-12(24)10-18(25)28-19-11-17(23)27-21(29-19)31-14-8-6-13(7-9-14)26-20(30)15-4-2-3-5-16(15)22/h2-12H,24-25H2,1H3,(H,26,30)(H,27,28,29)/b18-10+. The first kappa shape index (κ1) is 22.9. The molecule has 0 bridgehead atoms. The number of aromatic nitrogens is 2. The Morgan fingerprint density at radius 2 is 1.81 bits per heavy atom. The van der Waals surface area contributed by atoms with Crippen LogP contribution < -0.4 is 22.1 Å². The molecule has 160 valence electrons. The SMILES string of the molecule is CC(N)/C=C(\N)Nc1cc(Cl)nc(Sc2ccc(NC(=O)c3ccccc3Cl)cc2)n1. The van der Waals surface area contributed by atoms with E-state index in [0.717, 1.165) is 4.90 Å². The minimum atomic E-state index is -0.280. The van der Waals surface area contributed by atoms with Gasteiger partial charge in [0, 0.05) is 22.7 Å². The first-order valence-electron chi connectivity index (χ1n) is 9.18. The molecule has 0 saturated carbocycles. The molecule has 0 spiro atoms. The number of hydrogen-bond acceptors (Lipinski definition) is 7. The summed E-state index contributed by atoms with van der Waals surface area (Å²) in [5.41, 5.74) is 12.6. The van der Waals surface area contributed by atoms with Crippen LogP contribution in [0.1, 0.15) is 17.3 Å². The van der Waals surface area contributed by atoms with Crippen LogP contribution >= 0.6 is 35.0 Å². The number of hydrogen-bond donors (Lipinski definition) is 4. The fourth-order valence-corrected chi connectivity index (χ4v) is 3.76. The molecule has 0 aliphatic carbocycles. The van der Waals surface area contributed by atoms with Gasteiger partial charge >= 0.3 is 0 Å². The quantitative estimate of drug-likeness (QED) is 0.288. The molecule has 1 heterocycles. The summed E-state index contributed by atoms with van der Waals surface area (Å²) in [4.78, 5) is 21.9. The number of anilines is 2. The second kappa shape index (κ2) is 10.5. The zero-order chi connectivity index (χ0) is 22.4. The lowest BCUT2D eigenvalue weighted by Gasteiger charge is -2.09. The third kappa shape index (κ3) is 6.86.